The molecule has 0 saturated carbocycles. The number of aryl methyl sites for hydroxylation is 2. The number of para-hydroxylation sites is 1. The number of benzene rings is 2. The molecule has 1 aliphatic heterocycles. The molecule has 126 valence electrons. The molecule has 1 aliphatic rings. The molecule has 2 aromatic rings. The fourth-order valence-corrected chi connectivity index (χ4v) is 2.77. The SMILES string of the molecule is Cc1ccc(NC(=O)C2C(N)NNC2Nc2ccccc2)cc1C. The minimum absolute atomic E-state index is 0.128. The first-order chi connectivity index (χ1) is 11.5. The van der Waals surface area contributed by atoms with Crippen molar-refractivity contribution in [1.29, 1.82) is 0 Å². The molecule has 1 amide bonds. The van der Waals surface area contributed by atoms with Gasteiger partial charge < -0.3 is 16.4 Å². The molecule has 0 aromatic heterocycles. The van der Waals surface area contributed by atoms with E-state index in [0.29, 0.717) is 0 Å². The van der Waals surface area contributed by atoms with E-state index in [0.717, 1.165) is 16.9 Å². The van der Waals surface area contributed by atoms with Crippen molar-refractivity contribution < 1.29 is 4.79 Å². The van der Waals surface area contributed by atoms with Gasteiger partial charge in [0.1, 0.15) is 12.1 Å². The molecule has 3 rings (SSSR count). The van der Waals surface area contributed by atoms with E-state index in [-0.39, 0.29) is 12.1 Å². The molecule has 24 heavy (non-hydrogen) atoms. The fraction of sp³-hybridized carbons (Fsp3) is 0.278. The number of hydrogen-bond acceptors (Lipinski definition) is 5. The quantitative estimate of drug-likeness (QED) is 0.590. The van der Waals surface area contributed by atoms with Crippen molar-refractivity contribution in [1.82, 2.24) is 10.9 Å². The maximum Gasteiger partial charge on any atom is 0.233 e. The maximum absolute atomic E-state index is 12.7. The average Bonchev–Trinajstić information content (AvgIpc) is 2.92. The standard InChI is InChI=1S/C18H23N5O/c1-11-8-9-14(10-12(11)2)21-18(24)15-16(19)22-23-17(15)20-13-6-4-3-5-7-13/h3-10,15-17,20,22-23H,19H2,1-2H3,(H,21,24). The van der Waals surface area contributed by atoms with Gasteiger partial charge in [-0.25, -0.2) is 10.9 Å². The second-order valence-electron chi connectivity index (χ2n) is 6.12. The molecule has 6 heteroatoms. The lowest BCUT2D eigenvalue weighted by Crippen LogP contribution is -2.45. The zero-order valence-electron chi connectivity index (χ0n) is 13.8. The number of anilines is 2. The number of rotatable bonds is 4. The fourth-order valence-electron chi connectivity index (χ4n) is 2.77. The Morgan fingerprint density at radius 1 is 1.00 bits per heavy atom. The molecular formula is C18H23N5O. The van der Waals surface area contributed by atoms with Gasteiger partial charge in [-0.3, -0.25) is 4.79 Å². The van der Waals surface area contributed by atoms with Crippen molar-refractivity contribution in [2.24, 2.45) is 11.7 Å². The number of nitrogens with two attached hydrogens (primary N) is 1. The van der Waals surface area contributed by atoms with Crippen LogP contribution in [0.3, 0.4) is 0 Å². The Labute approximate surface area is 141 Å². The van der Waals surface area contributed by atoms with E-state index in [1.165, 1.54) is 5.56 Å². The van der Waals surface area contributed by atoms with Crippen molar-refractivity contribution in [3.05, 3.63) is 59.7 Å². The molecule has 3 atom stereocenters. The highest BCUT2D eigenvalue weighted by molar-refractivity contribution is 5.94. The van der Waals surface area contributed by atoms with Gasteiger partial charge in [-0.15, -0.1) is 0 Å². The molecule has 2 aromatic carbocycles. The van der Waals surface area contributed by atoms with Crippen LogP contribution in [0.2, 0.25) is 0 Å². The molecule has 1 fully saturated rings. The van der Waals surface area contributed by atoms with Crippen LogP contribution in [0.1, 0.15) is 11.1 Å². The third-order valence-corrected chi connectivity index (χ3v) is 4.32. The van der Waals surface area contributed by atoms with Crippen molar-refractivity contribution in [2.45, 2.75) is 26.2 Å². The van der Waals surface area contributed by atoms with Gasteiger partial charge in [-0.1, -0.05) is 24.3 Å². The van der Waals surface area contributed by atoms with Gasteiger partial charge in [-0.05, 0) is 49.2 Å². The minimum Gasteiger partial charge on any atom is -0.368 e. The van der Waals surface area contributed by atoms with Crippen LogP contribution in [-0.4, -0.2) is 18.2 Å². The van der Waals surface area contributed by atoms with Crippen LogP contribution < -0.4 is 27.2 Å². The predicted molar refractivity (Wildman–Crippen MR) is 96.1 cm³/mol. The summed E-state index contributed by atoms with van der Waals surface area (Å²) in [6.07, 6.45) is -0.772. The Bertz CT molecular complexity index is 719. The van der Waals surface area contributed by atoms with Gasteiger partial charge in [0.25, 0.3) is 0 Å². The van der Waals surface area contributed by atoms with Gasteiger partial charge >= 0.3 is 0 Å². The van der Waals surface area contributed by atoms with Crippen LogP contribution in [0.25, 0.3) is 0 Å². The largest absolute Gasteiger partial charge is 0.368 e. The Morgan fingerprint density at radius 3 is 2.46 bits per heavy atom. The normalized spacial score (nSPS) is 23.0. The third-order valence-electron chi connectivity index (χ3n) is 4.32. The Hall–Kier alpha value is -2.41. The minimum atomic E-state index is -0.474. The number of carbonyl (C=O) groups excluding carboxylic acids is 1. The molecule has 1 heterocycles. The first-order valence-electron chi connectivity index (χ1n) is 8.01. The van der Waals surface area contributed by atoms with Crippen LogP contribution in [0.15, 0.2) is 48.5 Å². The first kappa shape index (κ1) is 16.4. The lowest BCUT2D eigenvalue weighted by Gasteiger charge is -2.22. The van der Waals surface area contributed by atoms with Crippen molar-refractivity contribution >= 4 is 17.3 Å². The summed E-state index contributed by atoms with van der Waals surface area (Å²) in [5, 5.41) is 6.25. The van der Waals surface area contributed by atoms with Crippen LogP contribution in [0.4, 0.5) is 11.4 Å². The first-order valence-corrected chi connectivity index (χ1v) is 8.01. The number of amides is 1. The summed E-state index contributed by atoms with van der Waals surface area (Å²) in [5.74, 6) is -0.580. The van der Waals surface area contributed by atoms with Crippen molar-refractivity contribution in [3.63, 3.8) is 0 Å². The summed E-state index contributed by atoms with van der Waals surface area (Å²) in [7, 11) is 0. The zero-order valence-corrected chi connectivity index (χ0v) is 13.8. The summed E-state index contributed by atoms with van der Waals surface area (Å²) in [6.45, 7) is 4.07. The molecule has 1 saturated heterocycles. The molecule has 6 N–H and O–H groups in total. The number of nitrogens with one attached hydrogen (secondary N) is 4. The van der Waals surface area contributed by atoms with E-state index in [1.807, 2.05) is 62.4 Å². The van der Waals surface area contributed by atoms with E-state index in [2.05, 4.69) is 21.5 Å². The topological polar surface area (TPSA) is 91.2 Å². The second-order valence-corrected chi connectivity index (χ2v) is 6.12. The van der Waals surface area contributed by atoms with E-state index in [9.17, 15) is 4.79 Å². The molecule has 0 spiro atoms. The lowest BCUT2D eigenvalue weighted by atomic mass is 10.0. The monoisotopic (exact) mass is 325 g/mol. The molecule has 0 aliphatic carbocycles. The summed E-state index contributed by atoms with van der Waals surface area (Å²) in [4.78, 5) is 12.7. The molecule has 0 radical (unpaired) electrons. The van der Waals surface area contributed by atoms with Crippen LogP contribution in [0.5, 0.6) is 0 Å². The number of carbonyl (C=O) groups is 1. The lowest BCUT2D eigenvalue weighted by molar-refractivity contribution is -0.120. The van der Waals surface area contributed by atoms with E-state index in [4.69, 9.17) is 5.73 Å². The van der Waals surface area contributed by atoms with Gasteiger partial charge in [0, 0.05) is 11.4 Å². The number of hydrogen-bond donors (Lipinski definition) is 5. The van der Waals surface area contributed by atoms with Crippen molar-refractivity contribution in [2.75, 3.05) is 10.6 Å². The predicted octanol–water partition coefficient (Wildman–Crippen LogP) is 1.69. The third kappa shape index (κ3) is 3.56. The van der Waals surface area contributed by atoms with Gasteiger partial charge in [0.05, 0.1) is 6.17 Å². The highest BCUT2D eigenvalue weighted by atomic mass is 16.2. The smallest absolute Gasteiger partial charge is 0.233 e. The van der Waals surface area contributed by atoms with E-state index in [1.54, 1.807) is 0 Å². The second kappa shape index (κ2) is 7.00. The highest BCUT2D eigenvalue weighted by Gasteiger charge is 2.39. The molecule has 3 unspecified atom stereocenters. The van der Waals surface area contributed by atoms with E-state index < -0.39 is 12.1 Å². The van der Waals surface area contributed by atoms with Gasteiger partial charge in [0.15, 0.2) is 0 Å². The van der Waals surface area contributed by atoms with E-state index >= 15 is 0 Å². The molecular weight excluding hydrogens is 302 g/mol. The van der Waals surface area contributed by atoms with Gasteiger partial charge in [0.2, 0.25) is 5.91 Å². The zero-order chi connectivity index (χ0) is 17.1. The summed E-state index contributed by atoms with van der Waals surface area (Å²) < 4.78 is 0. The summed E-state index contributed by atoms with van der Waals surface area (Å²) in [5.41, 5.74) is 16.1. The Balaban J connectivity index is 1.72. The van der Waals surface area contributed by atoms with Crippen molar-refractivity contribution in [3.8, 4) is 0 Å². The Kier molecular flexibility index (Phi) is 4.80. The Morgan fingerprint density at radius 2 is 1.75 bits per heavy atom. The van der Waals surface area contributed by atoms with Crippen LogP contribution in [-0.2, 0) is 4.79 Å². The average molecular weight is 325 g/mol. The van der Waals surface area contributed by atoms with Gasteiger partial charge in [-0.2, -0.15) is 0 Å². The summed E-state index contributed by atoms with van der Waals surface area (Å²) in [6, 6.07) is 15.6. The summed E-state index contributed by atoms with van der Waals surface area (Å²) >= 11 is 0. The highest BCUT2D eigenvalue weighted by Crippen LogP contribution is 2.20. The maximum atomic E-state index is 12.7. The molecule has 6 nitrogen and oxygen atoms in total. The molecule has 0 bridgehead atoms. The van der Waals surface area contributed by atoms with Crippen LogP contribution in [0, 0.1) is 19.8 Å². The number of hydrazine groups is 1. The van der Waals surface area contributed by atoms with Crippen LogP contribution >= 0.6 is 0 Å².